The summed E-state index contributed by atoms with van der Waals surface area (Å²) in [5.41, 5.74) is 2.64. The predicted octanol–water partition coefficient (Wildman–Crippen LogP) is 4.58. The maximum absolute atomic E-state index is 12.2. The molecule has 0 saturated heterocycles. The third-order valence-electron chi connectivity index (χ3n) is 4.29. The van der Waals surface area contributed by atoms with E-state index in [1.54, 1.807) is 18.5 Å². The molecule has 0 fully saturated rings. The van der Waals surface area contributed by atoms with E-state index in [-0.39, 0.29) is 12.5 Å². The summed E-state index contributed by atoms with van der Waals surface area (Å²) < 4.78 is 5.14. The maximum atomic E-state index is 12.2. The first-order valence-electron chi connectivity index (χ1n) is 9.90. The highest BCUT2D eigenvalue weighted by Gasteiger charge is 2.08. The van der Waals surface area contributed by atoms with E-state index < -0.39 is 6.09 Å². The van der Waals surface area contributed by atoms with E-state index in [1.807, 2.05) is 55.5 Å². The Balaban J connectivity index is 1.36. The standard InChI is InChI=1S/C23H24N4O3S/c1-17-15-19(31-22-24-13-6-14-25-22)10-11-20(17)27-21(28)9-5-12-26-23(29)30-16-18-7-3-2-4-8-18/h2-4,6-8,10-11,13-15H,5,9,12,16H2,1H3,(H,26,29)(H,27,28). The van der Waals surface area contributed by atoms with Gasteiger partial charge in [-0.15, -0.1) is 0 Å². The van der Waals surface area contributed by atoms with Crippen LogP contribution in [0.1, 0.15) is 24.0 Å². The van der Waals surface area contributed by atoms with Gasteiger partial charge in [0.15, 0.2) is 5.16 Å². The zero-order chi connectivity index (χ0) is 21.9. The number of aryl methyl sites for hydroxylation is 1. The first-order valence-corrected chi connectivity index (χ1v) is 10.7. The van der Waals surface area contributed by atoms with Gasteiger partial charge >= 0.3 is 6.09 Å². The van der Waals surface area contributed by atoms with Crippen molar-refractivity contribution >= 4 is 29.4 Å². The second kappa shape index (κ2) is 11.7. The van der Waals surface area contributed by atoms with E-state index in [0.29, 0.717) is 24.5 Å². The molecule has 2 amide bonds. The van der Waals surface area contributed by atoms with Crippen molar-refractivity contribution in [3.8, 4) is 0 Å². The summed E-state index contributed by atoms with van der Waals surface area (Å²) in [6, 6.07) is 17.0. The van der Waals surface area contributed by atoms with Crippen LogP contribution in [0.3, 0.4) is 0 Å². The van der Waals surface area contributed by atoms with Crippen LogP contribution in [0, 0.1) is 6.92 Å². The van der Waals surface area contributed by atoms with Crippen molar-refractivity contribution in [2.75, 3.05) is 11.9 Å². The van der Waals surface area contributed by atoms with Gasteiger partial charge in [-0.05, 0) is 60.5 Å². The molecule has 1 aromatic heterocycles. The van der Waals surface area contributed by atoms with Crippen LogP contribution in [0.4, 0.5) is 10.5 Å². The summed E-state index contributed by atoms with van der Waals surface area (Å²) in [6.45, 7) is 2.53. The van der Waals surface area contributed by atoms with Gasteiger partial charge in [-0.25, -0.2) is 14.8 Å². The van der Waals surface area contributed by atoms with Gasteiger partial charge in [-0.3, -0.25) is 4.79 Å². The van der Waals surface area contributed by atoms with Crippen LogP contribution < -0.4 is 10.6 Å². The Labute approximate surface area is 185 Å². The van der Waals surface area contributed by atoms with Crippen LogP contribution in [0.5, 0.6) is 0 Å². The van der Waals surface area contributed by atoms with Gasteiger partial charge in [0.2, 0.25) is 5.91 Å². The molecular formula is C23H24N4O3S. The van der Waals surface area contributed by atoms with Gasteiger partial charge in [0.05, 0.1) is 0 Å². The Bertz CT molecular complexity index is 1000. The van der Waals surface area contributed by atoms with E-state index in [4.69, 9.17) is 4.74 Å². The van der Waals surface area contributed by atoms with E-state index in [0.717, 1.165) is 21.7 Å². The van der Waals surface area contributed by atoms with Gasteiger partial charge in [0, 0.05) is 35.9 Å². The van der Waals surface area contributed by atoms with Crippen LogP contribution in [-0.2, 0) is 16.1 Å². The van der Waals surface area contributed by atoms with Crippen LogP contribution >= 0.6 is 11.8 Å². The summed E-state index contributed by atoms with van der Waals surface area (Å²) in [5, 5.41) is 6.25. The molecule has 0 saturated carbocycles. The lowest BCUT2D eigenvalue weighted by molar-refractivity contribution is -0.116. The Morgan fingerprint density at radius 1 is 1.03 bits per heavy atom. The van der Waals surface area contributed by atoms with Crippen molar-refractivity contribution in [2.24, 2.45) is 0 Å². The Hall–Kier alpha value is -3.39. The summed E-state index contributed by atoms with van der Waals surface area (Å²) in [4.78, 5) is 33.3. The van der Waals surface area contributed by atoms with Gasteiger partial charge in [0.25, 0.3) is 0 Å². The third-order valence-corrected chi connectivity index (χ3v) is 5.17. The molecule has 0 aliphatic heterocycles. The molecule has 8 heteroatoms. The lowest BCUT2D eigenvalue weighted by Crippen LogP contribution is -2.26. The number of carbonyl (C=O) groups is 2. The second-order valence-electron chi connectivity index (χ2n) is 6.75. The number of hydrogen-bond acceptors (Lipinski definition) is 6. The zero-order valence-corrected chi connectivity index (χ0v) is 18.0. The number of nitrogens with one attached hydrogen (secondary N) is 2. The maximum Gasteiger partial charge on any atom is 0.407 e. The smallest absolute Gasteiger partial charge is 0.407 e. The van der Waals surface area contributed by atoms with E-state index in [2.05, 4.69) is 20.6 Å². The molecule has 0 atom stereocenters. The molecule has 2 aromatic carbocycles. The Morgan fingerprint density at radius 2 is 1.81 bits per heavy atom. The second-order valence-corrected chi connectivity index (χ2v) is 7.79. The number of rotatable bonds is 9. The topological polar surface area (TPSA) is 93.2 Å². The van der Waals surface area contributed by atoms with Crippen molar-refractivity contribution in [3.05, 3.63) is 78.1 Å². The fourth-order valence-corrected chi connectivity index (χ4v) is 3.52. The van der Waals surface area contributed by atoms with Crippen molar-refractivity contribution in [2.45, 2.75) is 36.4 Å². The van der Waals surface area contributed by atoms with Crippen molar-refractivity contribution < 1.29 is 14.3 Å². The fraction of sp³-hybridized carbons (Fsp3) is 0.217. The number of alkyl carbamates (subject to hydrolysis) is 1. The highest BCUT2D eigenvalue weighted by molar-refractivity contribution is 7.99. The number of hydrogen-bond donors (Lipinski definition) is 2. The van der Waals surface area contributed by atoms with Gasteiger partial charge in [0.1, 0.15) is 6.61 Å². The molecule has 0 aliphatic carbocycles. The predicted molar refractivity (Wildman–Crippen MR) is 120 cm³/mol. The van der Waals surface area contributed by atoms with Crippen LogP contribution in [0.2, 0.25) is 0 Å². The summed E-state index contributed by atoms with van der Waals surface area (Å²) >= 11 is 1.46. The number of anilines is 1. The molecule has 2 N–H and O–H groups in total. The number of aromatic nitrogens is 2. The number of ether oxygens (including phenoxy) is 1. The van der Waals surface area contributed by atoms with Gasteiger partial charge in [-0.1, -0.05) is 30.3 Å². The molecule has 0 spiro atoms. The monoisotopic (exact) mass is 436 g/mol. The number of nitrogens with zero attached hydrogens (tertiary/aromatic N) is 2. The summed E-state index contributed by atoms with van der Waals surface area (Å²) in [6.07, 6.45) is 3.73. The molecule has 160 valence electrons. The fourth-order valence-electron chi connectivity index (χ4n) is 2.71. The van der Waals surface area contributed by atoms with E-state index >= 15 is 0 Å². The zero-order valence-electron chi connectivity index (χ0n) is 17.2. The largest absolute Gasteiger partial charge is 0.445 e. The first-order chi connectivity index (χ1) is 15.1. The quantitative estimate of drug-likeness (QED) is 0.377. The first kappa shape index (κ1) is 22.3. The van der Waals surface area contributed by atoms with Crippen molar-refractivity contribution in [1.82, 2.24) is 15.3 Å². The minimum atomic E-state index is -0.490. The lowest BCUT2D eigenvalue weighted by Gasteiger charge is -2.10. The highest BCUT2D eigenvalue weighted by Crippen LogP contribution is 2.27. The SMILES string of the molecule is Cc1cc(Sc2ncccn2)ccc1NC(=O)CCCNC(=O)OCc1ccccc1. The average molecular weight is 437 g/mol. The average Bonchev–Trinajstić information content (AvgIpc) is 2.78. The molecular weight excluding hydrogens is 412 g/mol. The molecule has 3 rings (SSSR count). The normalized spacial score (nSPS) is 10.4. The minimum Gasteiger partial charge on any atom is -0.445 e. The molecule has 0 aliphatic rings. The molecule has 0 unspecified atom stereocenters. The summed E-state index contributed by atoms with van der Waals surface area (Å²) in [7, 11) is 0. The Morgan fingerprint density at radius 3 is 2.55 bits per heavy atom. The number of amides is 2. The van der Waals surface area contributed by atoms with Crippen molar-refractivity contribution in [1.29, 1.82) is 0 Å². The number of benzene rings is 2. The molecule has 31 heavy (non-hydrogen) atoms. The minimum absolute atomic E-state index is 0.102. The molecule has 3 aromatic rings. The Kier molecular flexibility index (Phi) is 8.42. The van der Waals surface area contributed by atoms with E-state index in [1.165, 1.54) is 11.8 Å². The van der Waals surface area contributed by atoms with Crippen LogP contribution in [0.25, 0.3) is 0 Å². The molecule has 0 radical (unpaired) electrons. The molecule has 1 heterocycles. The van der Waals surface area contributed by atoms with Crippen molar-refractivity contribution in [3.63, 3.8) is 0 Å². The van der Waals surface area contributed by atoms with Gasteiger partial charge < -0.3 is 15.4 Å². The van der Waals surface area contributed by atoms with E-state index in [9.17, 15) is 9.59 Å². The van der Waals surface area contributed by atoms with Crippen LogP contribution in [-0.4, -0.2) is 28.5 Å². The van der Waals surface area contributed by atoms with Crippen LogP contribution in [0.15, 0.2) is 77.0 Å². The number of carbonyl (C=O) groups excluding carboxylic acids is 2. The summed E-state index contributed by atoms with van der Waals surface area (Å²) in [5.74, 6) is -0.102. The highest BCUT2D eigenvalue weighted by atomic mass is 32.2. The lowest BCUT2D eigenvalue weighted by atomic mass is 10.2. The molecule has 0 bridgehead atoms. The third kappa shape index (κ3) is 7.75. The molecule has 7 nitrogen and oxygen atoms in total. The van der Waals surface area contributed by atoms with Gasteiger partial charge in [-0.2, -0.15) is 0 Å².